The lowest BCUT2D eigenvalue weighted by Gasteiger charge is -2.01. The molecule has 0 aliphatic rings. The van der Waals surface area contributed by atoms with Crippen LogP contribution in [0.25, 0.3) is 5.57 Å². The van der Waals surface area contributed by atoms with Gasteiger partial charge in [-0.05, 0) is 5.56 Å². The molecule has 0 aromatic heterocycles. The molecule has 4 heteroatoms. The first kappa shape index (κ1) is 9.12. The zero-order chi connectivity index (χ0) is 9.84. The first-order valence-electron chi connectivity index (χ1n) is 3.54. The Labute approximate surface area is 74.4 Å². The normalized spacial score (nSPS) is 9.23. The lowest BCUT2D eigenvalue weighted by atomic mass is 10.1. The summed E-state index contributed by atoms with van der Waals surface area (Å²) >= 11 is 0. The second-order valence-electron chi connectivity index (χ2n) is 2.37. The quantitative estimate of drug-likeness (QED) is 0.476. The summed E-state index contributed by atoms with van der Waals surface area (Å²) in [6, 6.07) is 7.89. The molecule has 0 spiro atoms. The summed E-state index contributed by atoms with van der Waals surface area (Å²) in [5, 5.41) is 26.0. The van der Waals surface area contributed by atoms with Gasteiger partial charge in [-0.15, -0.1) is 0 Å². The van der Waals surface area contributed by atoms with Gasteiger partial charge in [0.2, 0.25) is 0 Å². The van der Waals surface area contributed by atoms with Crippen molar-refractivity contribution in [3.63, 3.8) is 0 Å². The fourth-order valence-electron chi connectivity index (χ4n) is 0.953. The number of aliphatic hydroxyl groups is 2. The molecule has 68 valence electrons. The number of aliphatic hydroxyl groups excluding tert-OH is 1. The van der Waals surface area contributed by atoms with Crippen molar-refractivity contribution in [1.82, 2.24) is 0 Å². The highest BCUT2D eigenvalue weighted by molar-refractivity contribution is 6.15. The topological polar surface area (TPSA) is 77.8 Å². The first-order valence-corrected chi connectivity index (χ1v) is 3.54. The van der Waals surface area contributed by atoms with Crippen LogP contribution in [-0.4, -0.2) is 21.3 Å². The maximum absolute atomic E-state index is 10.6. The molecule has 0 bridgehead atoms. The van der Waals surface area contributed by atoms with Crippen LogP contribution in [0.5, 0.6) is 0 Å². The molecule has 4 nitrogen and oxygen atoms in total. The number of benzene rings is 1. The molecule has 0 unspecified atom stereocenters. The van der Waals surface area contributed by atoms with Crippen molar-refractivity contribution >= 4 is 11.5 Å². The summed E-state index contributed by atoms with van der Waals surface area (Å²) in [4.78, 5) is 10.6. The summed E-state index contributed by atoms with van der Waals surface area (Å²) in [7, 11) is 0. The standard InChI is InChI=1S/C9H8O4/c10-8(11)7(9(12)13)6-4-2-1-3-5-6/h1-5,10-11H,(H,12,13). The number of carboxylic acid groups (broad SMARTS) is 1. The van der Waals surface area contributed by atoms with Crippen LogP contribution in [0.2, 0.25) is 0 Å². The molecule has 0 atom stereocenters. The average molecular weight is 180 g/mol. The molecule has 1 rings (SSSR count). The Kier molecular flexibility index (Phi) is 2.54. The Morgan fingerprint density at radius 2 is 1.54 bits per heavy atom. The first-order chi connectivity index (χ1) is 6.13. The molecule has 0 fully saturated rings. The van der Waals surface area contributed by atoms with Crippen LogP contribution in [0.15, 0.2) is 36.3 Å². The number of carboxylic acids is 1. The summed E-state index contributed by atoms with van der Waals surface area (Å²) in [5.41, 5.74) is -0.240. The van der Waals surface area contributed by atoms with Gasteiger partial charge in [-0.25, -0.2) is 4.79 Å². The lowest BCUT2D eigenvalue weighted by Crippen LogP contribution is -2.03. The van der Waals surface area contributed by atoms with E-state index in [2.05, 4.69) is 0 Å². The summed E-state index contributed by atoms with van der Waals surface area (Å²) in [6.07, 6.45) is 0. The maximum atomic E-state index is 10.6. The number of carbonyl (C=O) groups is 1. The van der Waals surface area contributed by atoms with Crippen molar-refractivity contribution in [2.45, 2.75) is 0 Å². The van der Waals surface area contributed by atoms with Gasteiger partial charge in [0.25, 0.3) is 5.95 Å². The van der Waals surface area contributed by atoms with Gasteiger partial charge in [0.1, 0.15) is 5.57 Å². The SMILES string of the molecule is O=C(O)C(=C(O)O)c1ccccc1. The van der Waals surface area contributed by atoms with Crippen molar-refractivity contribution in [2.24, 2.45) is 0 Å². The fraction of sp³-hybridized carbons (Fsp3) is 0. The summed E-state index contributed by atoms with van der Waals surface area (Å²) in [6.45, 7) is 0. The van der Waals surface area contributed by atoms with Gasteiger partial charge in [-0.1, -0.05) is 30.3 Å². The molecular formula is C9H8O4. The number of hydrogen-bond donors (Lipinski definition) is 3. The van der Waals surface area contributed by atoms with E-state index >= 15 is 0 Å². The highest BCUT2D eigenvalue weighted by Gasteiger charge is 2.15. The Balaban J connectivity index is 3.20. The van der Waals surface area contributed by atoms with E-state index in [1.807, 2.05) is 0 Å². The van der Waals surface area contributed by atoms with Gasteiger partial charge < -0.3 is 15.3 Å². The monoisotopic (exact) mass is 180 g/mol. The van der Waals surface area contributed by atoms with Gasteiger partial charge in [-0.2, -0.15) is 0 Å². The van der Waals surface area contributed by atoms with Crippen LogP contribution < -0.4 is 0 Å². The minimum absolute atomic E-state index is 0.259. The van der Waals surface area contributed by atoms with Crippen LogP contribution in [0.1, 0.15) is 5.56 Å². The Hall–Kier alpha value is -1.97. The van der Waals surface area contributed by atoms with E-state index in [1.165, 1.54) is 12.1 Å². The fourth-order valence-corrected chi connectivity index (χ4v) is 0.953. The zero-order valence-electron chi connectivity index (χ0n) is 6.64. The van der Waals surface area contributed by atoms with Gasteiger partial charge in [0.15, 0.2) is 0 Å². The molecular weight excluding hydrogens is 172 g/mol. The predicted octanol–water partition coefficient (Wildman–Crippen LogP) is 1.56. The molecule has 0 aliphatic carbocycles. The van der Waals surface area contributed by atoms with Crippen LogP contribution in [0.4, 0.5) is 0 Å². The van der Waals surface area contributed by atoms with Crippen LogP contribution in [0.3, 0.4) is 0 Å². The summed E-state index contributed by atoms with van der Waals surface area (Å²) < 4.78 is 0. The highest BCUT2D eigenvalue weighted by Crippen LogP contribution is 2.15. The van der Waals surface area contributed by atoms with E-state index in [0.29, 0.717) is 0 Å². The number of aliphatic carboxylic acids is 1. The molecule has 1 aromatic carbocycles. The largest absolute Gasteiger partial charge is 0.480 e. The van der Waals surface area contributed by atoms with Crippen molar-refractivity contribution in [3.05, 3.63) is 41.8 Å². The molecule has 1 aromatic rings. The smallest absolute Gasteiger partial charge is 0.343 e. The molecule has 0 saturated heterocycles. The number of hydrogen-bond acceptors (Lipinski definition) is 3. The van der Waals surface area contributed by atoms with Crippen LogP contribution >= 0.6 is 0 Å². The molecule has 0 radical (unpaired) electrons. The Morgan fingerprint density at radius 3 is 1.92 bits per heavy atom. The van der Waals surface area contributed by atoms with Crippen LogP contribution in [0, 0.1) is 0 Å². The minimum Gasteiger partial charge on any atom is -0.480 e. The Bertz CT molecular complexity index is 336. The third kappa shape index (κ3) is 1.99. The lowest BCUT2D eigenvalue weighted by molar-refractivity contribution is -0.130. The third-order valence-corrected chi connectivity index (χ3v) is 1.50. The van der Waals surface area contributed by atoms with Crippen molar-refractivity contribution in [2.75, 3.05) is 0 Å². The zero-order valence-corrected chi connectivity index (χ0v) is 6.64. The van der Waals surface area contributed by atoms with E-state index in [4.69, 9.17) is 15.3 Å². The minimum atomic E-state index is -1.37. The van der Waals surface area contributed by atoms with E-state index in [-0.39, 0.29) is 5.56 Å². The second-order valence-corrected chi connectivity index (χ2v) is 2.37. The van der Waals surface area contributed by atoms with Gasteiger partial charge in [0.05, 0.1) is 0 Å². The van der Waals surface area contributed by atoms with Gasteiger partial charge in [0, 0.05) is 0 Å². The van der Waals surface area contributed by atoms with E-state index in [0.717, 1.165) is 0 Å². The maximum Gasteiger partial charge on any atom is 0.343 e. The number of rotatable bonds is 2. The average Bonchev–Trinajstić information content (AvgIpc) is 2.04. The van der Waals surface area contributed by atoms with Gasteiger partial charge in [-0.3, -0.25) is 0 Å². The van der Waals surface area contributed by atoms with E-state index in [1.54, 1.807) is 18.2 Å². The van der Waals surface area contributed by atoms with Crippen molar-refractivity contribution in [3.8, 4) is 0 Å². The second kappa shape index (κ2) is 3.62. The van der Waals surface area contributed by atoms with Crippen LogP contribution in [-0.2, 0) is 4.79 Å². The highest BCUT2D eigenvalue weighted by atomic mass is 16.5. The predicted molar refractivity (Wildman–Crippen MR) is 46.3 cm³/mol. The molecule has 0 heterocycles. The molecule has 13 heavy (non-hydrogen) atoms. The molecule has 0 saturated carbocycles. The summed E-state index contributed by atoms with van der Waals surface area (Å²) in [5.74, 6) is -2.55. The van der Waals surface area contributed by atoms with Crippen molar-refractivity contribution in [1.29, 1.82) is 0 Å². The van der Waals surface area contributed by atoms with E-state index < -0.39 is 17.5 Å². The molecule has 0 aliphatic heterocycles. The molecule has 0 amide bonds. The van der Waals surface area contributed by atoms with Crippen molar-refractivity contribution < 1.29 is 20.1 Å². The van der Waals surface area contributed by atoms with E-state index in [9.17, 15) is 4.79 Å². The third-order valence-electron chi connectivity index (χ3n) is 1.50. The molecule has 3 N–H and O–H groups in total. The van der Waals surface area contributed by atoms with Gasteiger partial charge >= 0.3 is 5.97 Å². The Morgan fingerprint density at radius 1 is 1.00 bits per heavy atom.